The summed E-state index contributed by atoms with van der Waals surface area (Å²) in [6.45, 7) is 1.75. The number of benzene rings is 1. The number of imide groups is 1. The maximum atomic E-state index is 12.4. The number of rotatable bonds is 2. The normalized spacial score (nSPS) is 15.3. The lowest BCUT2D eigenvalue weighted by molar-refractivity contribution is 0.0595. The average molecular weight is 321 g/mol. The quantitative estimate of drug-likeness (QED) is 0.625. The Bertz CT molecular complexity index is 706. The SMILES string of the molecule is CC(c1cc(Cl)nc(Cl)c1)N1C(=O)c2ccccc2C1=O. The van der Waals surface area contributed by atoms with Crippen LogP contribution in [0.5, 0.6) is 0 Å². The van der Waals surface area contributed by atoms with Gasteiger partial charge in [0.05, 0.1) is 17.2 Å². The molecule has 3 rings (SSSR count). The molecule has 0 fully saturated rings. The van der Waals surface area contributed by atoms with Gasteiger partial charge in [0.15, 0.2) is 0 Å². The summed E-state index contributed by atoms with van der Waals surface area (Å²) in [6, 6.07) is 9.49. The van der Waals surface area contributed by atoms with Crippen LogP contribution in [0.3, 0.4) is 0 Å². The van der Waals surface area contributed by atoms with Crippen LogP contribution >= 0.6 is 23.2 Å². The van der Waals surface area contributed by atoms with Gasteiger partial charge in [0.2, 0.25) is 0 Å². The van der Waals surface area contributed by atoms with Crippen LogP contribution in [-0.2, 0) is 0 Å². The van der Waals surface area contributed by atoms with Gasteiger partial charge in [0.1, 0.15) is 10.3 Å². The van der Waals surface area contributed by atoms with E-state index in [1.54, 1.807) is 43.3 Å². The first-order valence-corrected chi connectivity index (χ1v) is 7.04. The molecule has 0 saturated heterocycles. The molecule has 6 heteroatoms. The lowest BCUT2D eigenvalue weighted by Gasteiger charge is -2.23. The summed E-state index contributed by atoms with van der Waals surface area (Å²) in [7, 11) is 0. The lowest BCUT2D eigenvalue weighted by Crippen LogP contribution is -2.32. The van der Waals surface area contributed by atoms with E-state index in [4.69, 9.17) is 23.2 Å². The molecule has 2 amide bonds. The molecule has 0 aliphatic carbocycles. The third-order valence-corrected chi connectivity index (χ3v) is 3.87. The number of fused-ring (bicyclic) bond motifs is 1. The molecule has 1 aliphatic heterocycles. The summed E-state index contributed by atoms with van der Waals surface area (Å²) in [5.41, 5.74) is 1.50. The van der Waals surface area contributed by atoms with E-state index in [1.807, 2.05) is 0 Å². The van der Waals surface area contributed by atoms with Crippen molar-refractivity contribution in [2.24, 2.45) is 0 Å². The highest BCUT2D eigenvalue weighted by molar-refractivity contribution is 6.32. The molecule has 1 atom stereocenters. The highest BCUT2D eigenvalue weighted by Gasteiger charge is 2.38. The zero-order chi connectivity index (χ0) is 15.1. The largest absolute Gasteiger partial charge is 0.269 e. The van der Waals surface area contributed by atoms with E-state index in [2.05, 4.69) is 4.98 Å². The lowest BCUT2D eigenvalue weighted by atomic mass is 10.1. The van der Waals surface area contributed by atoms with Gasteiger partial charge in [-0.3, -0.25) is 14.5 Å². The zero-order valence-electron chi connectivity index (χ0n) is 11.0. The second kappa shape index (κ2) is 5.13. The van der Waals surface area contributed by atoms with E-state index in [-0.39, 0.29) is 22.1 Å². The highest BCUT2D eigenvalue weighted by Crippen LogP contribution is 2.32. The molecule has 0 spiro atoms. The van der Waals surface area contributed by atoms with Crippen molar-refractivity contribution in [1.82, 2.24) is 9.88 Å². The van der Waals surface area contributed by atoms with Gasteiger partial charge in [-0.15, -0.1) is 0 Å². The van der Waals surface area contributed by atoms with Gasteiger partial charge in [0.25, 0.3) is 11.8 Å². The van der Waals surface area contributed by atoms with Gasteiger partial charge in [-0.1, -0.05) is 35.3 Å². The Hall–Kier alpha value is -1.91. The number of aromatic nitrogens is 1. The van der Waals surface area contributed by atoms with Crippen LogP contribution in [0, 0.1) is 0 Å². The molecule has 0 bridgehead atoms. The van der Waals surface area contributed by atoms with E-state index in [0.29, 0.717) is 16.7 Å². The Morgan fingerprint density at radius 3 is 1.95 bits per heavy atom. The summed E-state index contributed by atoms with van der Waals surface area (Å²) in [6.07, 6.45) is 0. The van der Waals surface area contributed by atoms with Crippen molar-refractivity contribution in [3.63, 3.8) is 0 Å². The molecule has 1 aromatic heterocycles. The van der Waals surface area contributed by atoms with Crippen molar-refractivity contribution in [2.45, 2.75) is 13.0 Å². The first-order chi connectivity index (χ1) is 9.99. The number of carbonyl (C=O) groups excluding carboxylic acids is 2. The van der Waals surface area contributed by atoms with Gasteiger partial charge >= 0.3 is 0 Å². The predicted molar refractivity (Wildman–Crippen MR) is 79.6 cm³/mol. The maximum absolute atomic E-state index is 12.4. The van der Waals surface area contributed by atoms with Crippen LogP contribution in [0.25, 0.3) is 0 Å². The van der Waals surface area contributed by atoms with Gasteiger partial charge in [-0.05, 0) is 36.8 Å². The van der Waals surface area contributed by atoms with Crippen LogP contribution in [0.1, 0.15) is 39.2 Å². The Morgan fingerprint density at radius 1 is 1.00 bits per heavy atom. The van der Waals surface area contributed by atoms with Gasteiger partial charge in [-0.25, -0.2) is 4.98 Å². The van der Waals surface area contributed by atoms with Crippen molar-refractivity contribution in [2.75, 3.05) is 0 Å². The first-order valence-electron chi connectivity index (χ1n) is 6.29. The molecule has 106 valence electrons. The van der Waals surface area contributed by atoms with Crippen molar-refractivity contribution in [1.29, 1.82) is 0 Å². The average Bonchev–Trinajstić information content (AvgIpc) is 2.70. The Balaban J connectivity index is 2.02. The molecule has 2 heterocycles. The van der Waals surface area contributed by atoms with Crippen molar-refractivity contribution < 1.29 is 9.59 Å². The Morgan fingerprint density at radius 2 is 1.48 bits per heavy atom. The molecule has 1 aromatic carbocycles. The van der Waals surface area contributed by atoms with Gasteiger partial charge < -0.3 is 0 Å². The van der Waals surface area contributed by atoms with E-state index in [9.17, 15) is 9.59 Å². The van der Waals surface area contributed by atoms with Gasteiger partial charge in [0, 0.05) is 0 Å². The number of halogens is 2. The molecule has 2 aromatic rings. The molecule has 21 heavy (non-hydrogen) atoms. The number of hydrogen-bond acceptors (Lipinski definition) is 3. The fourth-order valence-electron chi connectivity index (χ4n) is 2.43. The summed E-state index contributed by atoms with van der Waals surface area (Å²) < 4.78 is 0. The minimum Gasteiger partial charge on any atom is -0.269 e. The molecule has 0 radical (unpaired) electrons. The summed E-state index contributed by atoms with van der Waals surface area (Å²) >= 11 is 11.8. The first kappa shape index (κ1) is 14.0. The molecular weight excluding hydrogens is 311 g/mol. The number of pyridine rings is 1. The van der Waals surface area contributed by atoms with Crippen LogP contribution < -0.4 is 0 Å². The molecule has 0 saturated carbocycles. The fourth-order valence-corrected chi connectivity index (χ4v) is 2.91. The molecule has 0 N–H and O–H groups in total. The van der Waals surface area contributed by atoms with Crippen molar-refractivity contribution >= 4 is 35.0 Å². The second-order valence-corrected chi connectivity index (χ2v) is 5.52. The number of hydrogen-bond donors (Lipinski definition) is 0. The van der Waals surface area contributed by atoms with E-state index < -0.39 is 6.04 Å². The number of amides is 2. The highest BCUT2D eigenvalue weighted by atomic mass is 35.5. The van der Waals surface area contributed by atoms with E-state index in [0.717, 1.165) is 0 Å². The van der Waals surface area contributed by atoms with Crippen LogP contribution in [0.4, 0.5) is 0 Å². The number of nitrogens with zero attached hydrogens (tertiary/aromatic N) is 2. The van der Waals surface area contributed by atoms with Crippen LogP contribution in [-0.4, -0.2) is 21.7 Å². The second-order valence-electron chi connectivity index (χ2n) is 4.75. The summed E-state index contributed by atoms with van der Waals surface area (Å²) in [4.78, 5) is 29.9. The summed E-state index contributed by atoms with van der Waals surface area (Å²) in [5, 5.41) is 0.446. The minimum atomic E-state index is -0.476. The predicted octanol–water partition coefficient (Wildman–Crippen LogP) is 3.75. The third kappa shape index (κ3) is 2.30. The van der Waals surface area contributed by atoms with Crippen LogP contribution in [0.15, 0.2) is 36.4 Å². The maximum Gasteiger partial charge on any atom is 0.262 e. The standard InChI is InChI=1S/C15H10Cl2N2O2/c1-8(9-6-12(16)18-13(17)7-9)19-14(20)10-4-2-3-5-11(10)15(19)21/h2-8H,1H3. The van der Waals surface area contributed by atoms with Crippen molar-refractivity contribution in [3.05, 3.63) is 63.4 Å². The van der Waals surface area contributed by atoms with Crippen LogP contribution in [0.2, 0.25) is 10.3 Å². The van der Waals surface area contributed by atoms with E-state index >= 15 is 0 Å². The smallest absolute Gasteiger partial charge is 0.262 e. The van der Waals surface area contributed by atoms with Crippen molar-refractivity contribution in [3.8, 4) is 0 Å². The molecular formula is C15H10Cl2N2O2. The minimum absolute atomic E-state index is 0.223. The Labute approximate surface area is 131 Å². The third-order valence-electron chi connectivity index (χ3n) is 3.48. The van der Waals surface area contributed by atoms with E-state index in [1.165, 1.54) is 4.90 Å². The topological polar surface area (TPSA) is 50.3 Å². The molecule has 1 aliphatic rings. The summed E-state index contributed by atoms with van der Waals surface area (Å²) in [5.74, 6) is -0.626. The fraction of sp³-hybridized carbons (Fsp3) is 0.133. The number of carbonyl (C=O) groups is 2. The zero-order valence-corrected chi connectivity index (χ0v) is 12.5. The van der Waals surface area contributed by atoms with Gasteiger partial charge in [-0.2, -0.15) is 0 Å². The monoisotopic (exact) mass is 320 g/mol. The molecule has 4 nitrogen and oxygen atoms in total. The Kier molecular flexibility index (Phi) is 3.43. The molecule has 1 unspecified atom stereocenters.